The molecule has 0 aliphatic heterocycles. The fourth-order valence-electron chi connectivity index (χ4n) is 3.72. The molecule has 0 fully saturated rings. The predicted octanol–water partition coefficient (Wildman–Crippen LogP) is 4.41. The Bertz CT molecular complexity index is 1190. The number of para-hydroxylation sites is 2. The lowest BCUT2D eigenvalue weighted by molar-refractivity contribution is 0.0950. The summed E-state index contributed by atoms with van der Waals surface area (Å²) in [6.45, 7) is 2.09. The summed E-state index contributed by atoms with van der Waals surface area (Å²) in [7, 11) is 3.67. The van der Waals surface area contributed by atoms with Crippen LogP contribution in [0.25, 0.3) is 16.9 Å². The number of nitrogens with zero attached hydrogens (tertiary/aromatic N) is 3. The molecule has 4 rings (SSSR count). The molecule has 1 aromatic heterocycles. The van der Waals surface area contributed by atoms with Crippen LogP contribution in [0, 0.1) is 0 Å². The summed E-state index contributed by atoms with van der Waals surface area (Å²) in [6, 6.07) is 27.7. The van der Waals surface area contributed by atoms with Gasteiger partial charge in [0.05, 0.1) is 18.4 Å². The lowest BCUT2D eigenvalue weighted by Gasteiger charge is -2.17. The van der Waals surface area contributed by atoms with Gasteiger partial charge in [-0.25, -0.2) is 4.68 Å². The van der Waals surface area contributed by atoms with Crippen LogP contribution in [0.1, 0.15) is 15.9 Å². The third-order valence-corrected chi connectivity index (χ3v) is 5.42. The van der Waals surface area contributed by atoms with Crippen molar-refractivity contribution in [3.05, 3.63) is 102 Å². The molecule has 0 atom stereocenters. The van der Waals surface area contributed by atoms with Crippen molar-refractivity contribution in [3.8, 4) is 22.7 Å². The van der Waals surface area contributed by atoms with E-state index < -0.39 is 0 Å². The quantitative estimate of drug-likeness (QED) is 0.419. The first kappa shape index (κ1) is 22.3. The fraction of sp³-hybridized carbons (Fsp3) is 0.185. The molecule has 0 aliphatic carbocycles. The smallest absolute Gasteiger partial charge is 0.255 e. The van der Waals surface area contributed by atoms with Gasteiger partial charge in [0.25, 0.3) is 5.91 Å². The molecule has 0 saturated heterocycles. The Balaban J connectivity index is 1.53. The fourth-order valence-corrected chi connectivity index (χ4v) is 3.72. The van der Waals surface area contributed by atoms with Gasteiger partial charge in [0.2, 0.25) is 0 Å². The number of likely N-dealkylation sites (N-methyl/N-ethyl adjacent to an activating group) is 1. The summed E-state index contributed by atoms with van der Waals surface area (Å²) in [5.41, 5.74) is 4.01. The number of hydrogen-bond donors (Lipinski definition) is 1. The van der Waals surface area contributed by atoms with E-state index in [1.165, 1.54) is 5.56 Å². The van der Waals surface area contributed by atoms with Gasteiger partial charge in [-0.1, -0.05) is 60.7 Å². The molecular weight excluding hydrogens is 412 g/mol. The third kappa shape index (κ3) is 5.48. The van der Waals surface area contributed by atoms with Crippen LogP contribution in [0.15, 0.2) is 91.1 Å². The molecule has 1 amide bonds. The molecule has 0 aliphatic rings. The second-order valence-corrected chi connectivity index (χ2v) is 7.85. The molecule has 168 valence electrons. The molecule has 1 N–H and O–H groups in total. The van der Waals surface area contributed by atoms with Crippen LogP contribution in [0.5, 0.6) is 5.75 Å². The molecule has 4 aromatic rings. The van der Waals surface area contributed by atoms with Crippen molar-refractivity contribution in [2.24, 2.45) is 0 Å². The Morgan fingerprint density at radius 1 is 0.970 bits per heavy atom. The minimum Gasteiger partial charge on any atom is -0.496 e. The van der Waals surface area contributed by atoms with E-state index in [0.29, 0.717) is 23.6 Å². The van der Waals surface area contributed by atoms with Crippen LogP contribution in [-0.2, 0) is 6.54 Å². The summed E-state index contributed by atoms with van der Waals surface area (Å²) in [6.07, 6.45) is 1.78. The Hall–Kier alpha value is -3.90. The highest BCUT2D eigenvalue weighted by Crippen LogP contribution is 2.31. The van der Waals surface area contributed by atoms with Gasteiger partial charge >= 0.3 is 0 Å². The van der Waals surface area contributed by atoms with E-state index in [1.54, 1.807) is 18.0 Å². The topological polar surface area (TPSA) is 59.4 Å². The molecule has 0 spiro atoms. The van der Waals surface area contributed by atoms with Gasteiger partial charge in [0, 0.05) is 31.4 Å². The van der Waals surface area contributed by atoms with Crippen molar-refractivity contribution in [2.75, 3.05) is 27.2 Å². The zero-order valence-electron chi connectivity index (χ0n) is 18.9. The molecule has 33 heavy (non-hydrogen) atoms. The van der Waals surface area contributed by atoms with Crippen LogP contribution in [0.4, 0.5) is 0 Å². The number of carbonyl (C=O) groups is 1. The average Bonchev–Trinajstić information content (AvgIpc) is 3.30. The first-order chi connectivity index (χ1) is 16.2. The highest BCUT2D eigenvalue weighted by atomic mass is 16.5. The van der Waals surface area contributed by atoms with Crippen LogP contribution >= 0.6 is 0 Å². The lowest BCUT2D eigenvalue weighted by atomic mass is 10.1. The maximum Gasteiger partial charge on any atom is 0.255 e. The van der Waals surface area contributed by atoms with Gasteiger partial charge in [-0.3, -0.25) is 4.79 Å². The molecule has 3 aromatic carbocycles. The van der Waals surface area contributed by atoms with E-state index in [9.17, 15) is 4.79 Å². The summed E-state index contributed by atoms with van der Waals surface area (Å²) < 4.78 is 7.27. The predicted molar refractivity (Wildman–Crippen MR) is 131 cm³/mol. The zero-order chi connectivity index (χ0) is 23.0. The van der Waals surface area contributed by atoms with E-state index >= 15 is 0 Å². The Kier molecular flexibility index (Phi) is 7.17. The lowest BCUT2D eigenvalue weighted by Crippen LogP contribution is -2.32. The normalized spacial score (nSPS) is 10.9. The zero-order valence-corrected chi connectivity index (χ0v) is 18.9. The summed E-state index contributed by atoms with van der Waals surface area (Å²) in [4.78, 5) is 15.4. The monoisotopic (exact) mass is 440 g/mol. The molecule has 6 heteroatoms. The van der Waals surface area contributed by atoms with Gasteiger partial charge in [-0.2, -0.15) is 5.10 Å². The number of carbonyl (C=O) groups excluding carboxylic acids is 1. The maximum absolute atomic E-state index is 13.2. The highest BCUT2D eigenvalue weighted by Gasteiger charge is 2.21. The van der Waals surface area contributed by atoms with Crippen LogP contribution in [0.2, 0.25) is 0 Å². The van der Waals surface area contributed by atoms with Crippen molar-refractivity contribution in [3.63, 3.8) is 0 Å². The van der Waals surface area contributed by atoms with Crippen molar-refractivity contribution in [2.45, 2.75) is 6.54 Å². The van der Waals surface area contributed by atoms with E-state index in [0.717, 1.165) is 24.3 Å². The van der Waals surface area contributed by atoms with Crippen LogP contribution in [0.3, 0.4) is 0 Å². The van der Waals surface area contributed by atoms with Crippen molar-refractivity contribution in [1.82, 2.24) is 20.0 Å². The molecule has 0 radical (unpaired) electrons. The molecular formula is C27H28N4O2. The molecule has 0 saturated carbocycles. The van der Waals surface area contributed by atoms with Gasteiger partial charge in [-0.15, -0.1) is 0 Å². The number of ether oxygens (including phenoxy) is 1. The number of hydrogen-bond acceptors (Lipinski definition) is 4. The van der Waals surface area contributed by atoms with Crippen LogP contribution in [-0.4, -0.2) is 47.8 Å². The number of aromatic nitrogens is 2. The van der Waals surface area contributed by atoms with E-state index in [-0.39, 0.29) is 5.91 Å². The van der Waals surface area contributed by atoms with Crippen molar-refractivity contribution < 1.29 is 9.53 Å². The summed E-state index contributed by atoms with van der Waals surface area (Å²) in [5, 5.41) is 7.80. The minimum atomic E-state index is -0.161. The van der Waals surface area contributed by atoms with Gasteiger partial charge in [0.15, 0.2) is 0 Å². The molecule has 0 bridgehead atoms. The second-order valence-electron chi connectivity index (χ2n) is 7.85. The summed E-state index contributed by atoms with van der Waals surface area (Å²) >= 11 is 0. The number of rotatable bonds is 9. The number of methoxy groups -OCH3 is 1. The Labute approximate surface area is 194 Å². The third-order valence-electron chi connectivity index (χ3n) is 5.42. The number of nitrogens with one attached hydrogen (secondary N) is 1. The maximum atomic E-state index is 13.2. The van der Waals surface area contributed by atoms with Crippen molar-refractivity contribution >= 4 is 5.91 Å². The highest BCUT2D eigenvalue weighted by molar-refractivity contribution is 6.00. The SMILES string of the molecule is COc1ccccc1-c1nn(-c2ccccc2)cc1C(=O)NCCN(C)Cc1ccccc1. The number of benzene rings is 3. The van der Waals surface area contributed by atoms with Gasteiger partial charge < -0.3 is 15.0 Å². The number of amides is 1. The first-order valence-electron chi connectivity index (χ1n) is 10.9. The Morgan fingerprint density at radius 2 is 1.64 bits per heavy atom. The largest absolute Gasteiger partial charge is 0.496 e. The standard InChI is InChI=1S/C27H28N4O2/c1-30(19-21-11-5-3-6-12-21)18-17-28-27(32)24-20-31(22-13-7-4-8-14-22)29-26(24)23-15-9-10-16-25(23)33-2/h3-16,20H,17-19H2,1-2H3,(H,28,32). The van der Waals surface area contributed by atoms with E-state index in [2.05, 4.69) is 22.3 Å². The average molecular weight is 441 g/mol. The molecule has 6 nitrogen and oxygen atoms in total. The minimum absolute atomic E-state index is 0.161. The van der Waals surface area contributed by atoms with E-state index in [4.69, 9.17) is 9.84 Å². The summed E-state index contributed by atoms with van der Waals surface area (Å²) in [5.74, 6) is 0.513. The molecule has 1 heterocycles. The van der Waals surface area contributed by atoms with Crippen molar-refractivity contribution in [1.29, 1.82) is 0 Å². The second kappa shape index (κ2) is 10.6. The van der Waals surface area contributed by atoms with Gasteiger partial charge in [-0.05, 0) is 36.9 Å². The van der Waals surface area contributed by atoms with Crippen LogP contribution < -0.4 is 10.1 Å². The van der Waals surface area contributed by atoms with E-state index in [1.807, 2.05) is 79.8 Å². The Morgan fingerprint density at radius 3 is 2.36 bits per heavy atom. The molecule has 0 unspecified atom stereocenters. The first-order valence-corrected chi connectivity index (χ1v) is 10.9. The van der Waals surface area contributed by atoms with Gasteiger partial charge in [0.1, 0.15) is 11.4 Å².